The zero-order valence-corrected chi connectivity index (χ0v) is 7.61. The molecule has 1 aromatic rings. The predicted octanol–water partition coefficient (Wildman–Crippen LogP) is -0.140. The van der Waals surface area contributed by atoms with Crippen molar-refractivity contribution in [2.24, 2.45) is 5.92 Å². The molecule has 1 aromatic heterocycles. The standard InChI is InChI=1S/C8H15N5/c9-8-6-11-13(12-8)4-2-7-1-3-10-5-7/h6-7,10H,1-5H2,(H2,9,12). The summed E-state index contributed by atoms with van der Waals surface area (Å²) in [6.45, 7) is 3.17. The van der Waals surface area contributed by atoms with Crippen LogP contribution in [0.5, 0.6) is 0 Å². The summed E-state index contributed by atoms with van der Waals surface area (Å²) in [6, 6.07) is 0. The van der Waals surface area contributed by atoms with Crippen LogP contribution in [0.25, 0.3) is 0 Å². The molecule has 0 saturated carbocycles. The van der Waals surface area contributed by atoms with Crippen LogP contribution in [-0.4, -0.2) is 28.1 Å². The van der Waals surface area contributed by atoms with E-state index in [1.807, 2.05) is 0 Å². The zero-order valence-electron chi connectivity index (χ0n) is 7.61. The van der Waals surface area contributed by atoms with Crippen molar-refractivity contribution in [2.75, 3.05) is 18.8 Å². The second kappa shape index (κ2) is 3.74. The number of aryl methyl sites for hydroxylation is 1. The number of rotatable bonds is 3. The highest BCUT2D eigenvalue weighted by Crippen LogP contribution is 2.12. The molecule has 1 aliphatic heterocycles. The first-order valence-corrected chi connectivity index (χ1v) is 4.71. The normalized spacial score (nSPS) is 22.3. The van der Waals surface area contributed by atoms with Crippen LogP contribution < -0.4 is 11.1 Å². The molecule has 0 radical (unpaired) electrons. The van der Waals surface area contributed by atoms with Crippen molar-refractivity contribution >= 4 is 5.82 Å². The first-order valence-electron chi connectivity index (χ1n) is 4.71. The van der Waals surface area contributed by atoms with Crippen LogP contribution in [0.3, 0.4) is 0 Å². The molecule has 0 spiro atoms. The maximum Gasteiger partial charge on any atom is 0.165 e. The smallest absolute Gasteiger partial charge is 0.165 e. The molecule has 1 fully saturated rings. The topological polar surface area (TPSA) is 68.8 Å². The van der Waals surface area contributed by atoms with Crippen molar-refractivity contribution in [3.63, 3.8) is 0 Å². The first kappa shape index (κ1) is 8.50. The van der Waals surface area contributed by atoms with Crippen molar-refractivity contribution in [2.45, 2.75) is 19.4 Å². The van der Waals surface area contributed by atoms with Crippen LogP contribution in [0.4, 0.5) is 5.82 Å². The Hall–Kier alpha value is -1.10. The fourth-order valence-electron chi connectivity index (χ4n) is 1.68. The molecule has 0 aromatic carbocycles. The molecule has 13 heavy (non-hydrogen) atoms. The lowest BCUT2D eigenvalue weighted by Gasteiger charge is -2.06. The highest BCUT2D eigenvalue weighted by Gasteiger charge is 2.14. The number of anilines is 1. The summed E-state index contributed by atoms with van der Waals surface area (Å²) in [5, 5.41) is 11.4. The molecule has 1 atom stereocenters. The van der Waals surface area contributed by atoms with Crippen LogP contribution in [0, 0.1) is 5.92 Å². The molecule has 5 heteroatoms. The average molecular weight is 181 g/mol. The third kappa shape index (κ3) is 2.18. The number of hydrogen-bond acceptors (Lipinski definition) is 4. The van der Waals surface area contributed by atoms with Crippen molar-refractivity contribution in [3.8, 4) is 0 Å². The Balaban J connectivity index is 1.78. The number of aromatic nitrogens is 3. The molecule has 0 amide bonds. The lowest BCUT2D eigenvalue weighted by Crippen LogP contribution is -2.12. The Kier molecular flexibility index (Phi) is 2.44. The van der Waals surface area contributed by atoms with Crippen LogP contribution in [0.1, 0.15) is 12.8 Å². The number of nitrogen functional groups attached to an aromatic ring is 1. The minimum atomic E-state index is 0.504. The largest absolute Gasteiger partial charge is 0.381 e. The maximum atomic E-state index is 5.46. The van der Waals surface area contributed by atoms with Crippen LogP contribution in [0.2, 0.25) is 0 Å². The Morgan fingerprint density at radius 2 is 2.62 bits per heavy atom. The van der Waals surface area contributed by atoms with Gasteiger partial charge in [-0.05, 0) is 31.8 Å². The molecule has 5 nitrogen and oxygen atoms in total. The molecular weight excluding hydrogens is 166 g/mol. The Morgan fingerprint density at radius 1 is 1.69 bits per heavy atom. The van der Waals surface area contributed by atoms with Crippen molar-refractivity contribution < 1.29 is 0 Å². The fourth-order valence-corrected chi connectivity index (χ4v) is 1.68. The van der Waals surface area contributed by atoms with Gasteiger partial charge < -0.3 is 11.1 Å². The van der Waals surface area contributed by atoms with Gasteiger partial charge in [-0.1, -0.05) is 0 Å². The van der Waals surface area contributed by atoms with Gasteiger partial charge in [0.1, 0.15) is 0 Å². The summed E-state index contributed by atoms with van der Waals surface area (Å²) < 4.78 is 0. The molecule has 72 valence electrons. The van der Waals surface area contributed by atoms with E-state index in [9.17, 15) is 0 Å². The number of hydrogen-bond donors (Lipinski definition) is 2. The third-order valence-corrected chi connectivity index (χ3v) is 2.45. The van der Waals surface area contributed by atoms with Gasteiger partial charge in [0.25, 0.3) is 0 Å². The van der Waals surface area contributed by atoms with E-state index in [1.54, 1.807) is 11.0 Å². The summed E-state index contributed by atoms with van der Waals surface area (Å²) in [7, 11) is 0. The Morgan fingerprint density at radius 3 is 3.23 bits per heavy atom. The molecular formula is C8H15N5. The minimum Gasteiger partial charge on any atom is -0.381 e. The van der Waals surface area contributed by atoms with E-state index in [2.05, 4.69) is 15.5 Å². The Labute approximate surface area is 77.3 Å². The zero-order chi connectivity index (χ0) is 9.10. The molecule has 3 N–H and O–H groups in total. The maximum absolute atomic E-state index is 5.46. The SMILES string of the molecule is Nc1cnn(CCC2CCNC2)n1. The van der Waals surface area contributed by atoms with Gasteiger partial charge in [0.15, 0.2) is 5.82 Å². The van der Waals surface area contributed by atoms with Gasteiger partial charge in [0, 0.05) is 0 Å². The van der Waals surface area contributed by atoms with E-state index in [4.69, 9.17) is 5.73 Å². The summed E-state index contributed by atoms with van der Waals surface area (Å²) >= 11 is 0. The number of nitrogens with two attached hydrogens (primary N) is 1. The van der Waals surface area contributed by atoms with E-state index in [1.165, 1.54) is 6.42 Å². The average Bonchev–Trinajstić information content (AvgIpc) is 2.71. The summed E-state index contributed by atoms with van der Waals surface area (Å²) in [5.41, 5.74) is 5.46. The first-order chi connectivity index (χ1) is 6.34. The second-order valence-electron chi connectivity index (χ2n) is 3.51. The monoisotopic (exact) mass is 181 g/mol. The molecule has 1 unspecified atom stereocenters. The van der Waals surface area contributed by atoms with E-state index < -0.39 is 0 Å². The van der Waals surface area contributed by atoms with Gasteiger partial charge >= 0.3 is 0 Å². The van der Waals surface area contributed by atoms with E-state index in [0.29, 0.717) is 5.82 Å². The lowest BCUT2D eigenvalue weighted by molar-refractivity contribution is 0.429. The van der Waals surface area contributed by atoms with Crippen molar-refractivity contribution in [1.29, 1.82) is 0 Å². The highest BCUT2D eigenvalue weighted by atomic mass is 15.5. The quantitative estimate of drug-likeness (QED) is 0.681. The second-order valence-corrected chi connectivity index (χ2v) is 3.51. The van der Waals surface area contributed by atoms with Gasteiger partial charge in [-0.2, -0.15) is 9.90 Å². The van der Waals surface area contributed by atoms with Crippen molar-refractivity contribution in [3.05, 3.63) is 6.20 Å². The molecule has 2 rings (SSSR count). The van der Waals surface area contributed by atoms with Crippen LogP contribution in [0.15, 0.2) is 6.20 Å². The Bertz CT molecular complexity index is 263. The third-order valence-electron chi connectivity index (χ3n) is 2.45. The van der Waals surface area contributed by atoms with Gasteiger partial charge in [-0.15, -0.1) is 5.10 Å². The predicted molar refractivity (Wildman–Crippen MR) is 50.0 cm³/mol. The van der Waals surface area contributed by atoms with E-state index in [-0.39, 0.29) is 0 Å². The van der Waals surface area contributed by atoms with E-state index >= 15 is 0 Å². The van der Waals surface area contributed by atoms with Crippen LogP contribution >= 0.6 is 0 Å². The number of nitrogens with one attached hydrogen (secondary N) is 1. The van der Waals surface area contributed by atoms with Crippen molar-refractivity contribution in [1.82, 2.24) is 20.3 Å². The summed E-state index contributed by atoms with van der Waals surface area (Å²) in [4.78, 5) is 1.67. The van der Waals surface area contributed by atoms with Gasteiger partial charge in [0.2, 0.25) is 0 Å². The van der Waals surface area contributed by atoms with Crippen LogP contribution in [-0.2, 0) is 6.54 Å². The molecule has 1 aliphatic rings. The molecule has 1 saturated heterocycles. The molecule has 2 heterocycles. The molecule has 0 aliphatic carbocycles. The summed E-state index contributed by atoms with van der Waals surface area (Å²) in [5.74, 6) is 1.29. The lowest BCUT2D eigenvalue weighted by atomic mass is 10.1. The van der Waals surface area contributed by atoms with Gasteiger partial charge in [0.05, 0.1) is 12.7 Å². The highest BCUT2D eigenvalue weighted by molar-refractivity contribution is 5.19. The van der Waals surface area contributed by atoms with Gasteiger partial charge in [-0.3, -0.25) is 0 Å². The summed E-state index contributed by atoms with van der Waals surface area (Å²) in [6.07, 6.45) is 4.00. The number of nitrogens with zero attached hydrogens (tertiary/aromatic N) is 3. The molecule has 0 bridgehead atoms. The van der Waals surface area contributed by atoms with E-state index in [0.717, 1.165) is 32.0 Å². The van der Waals surface area contributed by atoms with Gasteiger partial charge in [-0.25, -0.2) is 0 Å². The fraction of sp³-hybridized carbons (Fsp3) is 0.750. The minimum absolute atomic E-state index is 0.504.